The van der Waals surface area contributed by atoms with Gasteiger partial charge in [0.25, 0.3) is 0 Å². The molecule has 0 aliphatic heterocycles. The van der Waals surface area contributed by atoms with Crippen LogP contribution >= 0.6 is 22.5 Å². The van der Waals surface area contributed by atoms with Gasteiger partial charge >= 0.3 is 107 Å². The van der Waals surface area contributed by atoms with E-state index >= 15 is 0 Å². The Labute approximate surface area is 149 Å². The molecule has 0 aliphatic carbocycles. The zero-order valence-corrected chi connectivity index (χ0v) is 19.2. The van der Waals surface area contributed by atoms with E-state index in [2.05, 4.69) is 27.4 Å². The van der Waals surface area contributed by atoms with Crippen LogP contribution in [0.3, 0.4) is 0 Å². The fraction of sp³-hybridized carbons (Fsp3) is 1.00. The van der Waals surface area contributed by atoms with Crippen LogP contribution in [0.25, 0.3) is 0 Å². The Bertz CT molecular complexity index is 306. The van der Waals surface area contributed by atoms with Crippen molar-refractivity contribution in [3.8, 4) is 0 Å². The number of rotatable bonds is 9. The van der Waals surface area contributed by atoms with Crippen molar-refractivity contribution in [3.63, 3.8) is 0 Å². The zero-order valence-electron chi connectivity index (χ0n) is 16.4. The minimum Gasteiger partial charge on any atom is -0.325 e. The first-order chi connectivity index (χ1) is 10.7. The van der Waals surface area contributed by atoms with E-state index in [0.29, 0.717) is 0 Å². The largest absolute Gasteiger partial charge is 0.325 e. The Morgan fingerprint density at radius 1 is 0.667 bits per heavy atom. The number of hydrogen-bond donors (Lipinski definition) is 4. The van der Waals surface area contributed by atoms with Crippen molar-refractivity contribution >= 4 is 22.5 Å². The third kappa shape index (κ3) is 43.4. The predicted octanol–water partition coefficient (Wildman–Crippen LogP) is 4.35. The summed E-state index contributed by atoms with van der Waals surface area (Å²) in [6.45, 7) is 11.3. The standard InChI is InChI=1S/C13H31P.2CH5O3P/c1-5-8-11-14(4,12-9-6-2)13-10-7-3;2*1-5(2,3)4/h14H,5-13H2,1-4H3;2*1H3,(H2,2,3,4). The van der Waals surface area contributed by atoms with Gasteiger partial charge in [-0.2, -0.15) is 0 Å². The van der Waals surface area contributed by atoms with Crippen molar-refractivity contribution in [3.05, 3.63) is 0 Å². The van der Waals surface area contributed by atoms with Crippen molar-refractivity contribution in [2.45, 2.75) is 59.3 Å². The van der Waals surface area contributed by atoms with Crippen LogP contribution in [-0.2, 0) is 9.13 Å². The molecule has 0 fully saturated rings. The third-order valence-electron chi connectivity index (χ3n) is 3.40. The minimum absolute atomic E-state index is 0.812. The predicted molar refractivity (Wildman–Crippen MR) is 110 cm³/mol. The van der Waals surface area contributed by atoms with Crippen LogP contribution in [0.15, 0.2) is 0 Å². The van der Waals surface area contributed by atoms with Gasteiger partial charge in [-0.1, -0.05) is 0 Å². The van der Waals surface area contributed by atoms with Gasteiger partial charge in [0.15, 0.2) is 0 Å². The maximum absolute atomic E-state index is 9.33. The Kier molecular flexibility index (Phi) is 19.6. The van der Waals surface area contributed by atoms with Crippen molar-refractivity contribution < 1.29 is 28.7 Å². The van der Waals surface area contributed by atoms with E-state index in [1.165, 1.54) is 38.5 Å². The van der Waals surface area contributed by atoms with Gasteiger partial charge in [0, 0.05) is 13.3 Å². The van der Waals surface area contributed by atoms with Gasteiger partial charge in [-0.15, -0.1) is 0 Å². The molecule has 6 nitrogen and oxygen atoms in total. The molecule has 152 valence electrons. The van der Waals surface area contributed by atoms with Crippen LogP contribution < -0.4 is 0 Å². The summed E-state index contributed by atoms with van der Waals surface area (Å²) in [5.41, 5.74) is 0. The summed E-state index contributed by atoms with van der Waals surface area (Å²) >= 11 is 0. The molecule has 9 heteroatoms. The summed E-state index contributed by atoms with van der Waals surface area (Å²) in [6, 6.07) is 0. The number of unbranched alkanes of at least 4 members (excludes halogenated alkanes) is 3. The quantitative estimate of drug-likeness (QED) is 0.420. The molecule has 0 radical (unpaired) electrons. The molecule has 0 amide bonds. The zero-order chi connectivity index (χ0) is 19.9. The molecule has 0 aromatic heterocycles. The van der Waals surface area contributed by atoms with Gasteiger partial charge in [0.05, 0.1) is 0 Å². The molecule has 0 heterocycles. The van der Waals surface area contributed by atoms with Crippen LogP contribution in [0.2, 0.25) is 0 Å². The molecular formula is C15H41O6P3. The van der Waals surface area contributed by atoms with E-state index < -0.39 is 22.5 Å². The average molecular weight is 410 g/mol. The molecule has 0 bridgehead atoms. The molecule has 0 aromatic rings. The second kappa shape index (κ2) is 15.9. The summed E-state index contributed by atoms with van der Waals surface area (Å²) in [5.74, 6) is 0. The van der Waals surface area contributed by atoms with Gasteiger partial charge in [0.2, 0.25) is 0 Å². The van der Waals surface area contributed by atoms with Crippen molar-refractivity contribution in [1.29, 1.82) is 0 Å². The van der Waals surface area contributed by atoms with Crippen LogP contribution in [0.1, 0.15) is 59.3 Å². The molecular weight excluding hydrogens is 369 g/mol. The first-order valence-corrected chi connectivity index (χ1v) is 16.0. The molecule has 0 unspecified atom stereocenters. The summed E-state index contributed by atoms with van der Waals surface area (Å²) in [7, 11) is -8.09. The summed E-state index contributed by atoms with van der Waals surface area (Å²) < 4.78 is 18.7. The molecule has 0 spiro atoms. The first-order valence-electron chi connectivity index (χ1n) is 8.74. The summed E-state index contributed by atoms with van der Waals surface area (Å²) in [4.78, 5) is 30.5. The topological polar surface area (TPSA) is 115 Å². The smallest absolute Gasteiger partial charge is 0.322 e. The number of hydrogen-bond acceptors (Lipinski definition) is 2. The van der Waals surface area contributed by atoms with Crippen LogP contribution in [0, 0.1) is 0 Å². The normalized spacial score (nSPS) is 12.6. The van der Waals surface area contributed by atoms with Gasteiger partial charge < -0.3 is 19.6 Å². The average Bonchev–Trinajstić information content (AvgIpc) is 2.37. The van der Waals surface area contributed by atoms with E-state index in [0.717, 1.165) is 13.3 Å². The molecule has 0 saturated carbocycles. The van der Waals surface area contributed by atoms with E-state index in [-0.39, 0.29) is 0 Å². The Morgan fingerprint density at radius 3 is 0.958 bits per heavy atom. The first kappa shape index (κ1) is 29.5. The van der Waals surface area contributed by atoms with E-state index in [4.69, 9.17) is 19.6 Å². The van der Waals surface area contributed by atoms with Gasteiger partial charge in [-0.3, -0.25) is 9.13 Å². The van der Waals surface area contributed by atoms with Crippen LogP contribution in [0.5, 0.6) is 0 Å². The van der Waals surface area contributed by atoms with Crippen LogP contribution in [0.4, 0.5) is 0 Å². The molecule has 0 aliphatic rings. The third-order valence-corrected chi connectivity index (χ3v) is 8.08. The Morgan fingerprint density at radius 2 is 0.833 bits per heavy atom. The van der Waals surface area contributed by atoms with E-state index in [1.807, 2.05) is 0 Å². The fourth-order valence-corrected chi connectivity index (χ4v) is 6.56. The second-order valence-electron chi connectivity index (χ2n) is 6.79. The van der Waals surface area contributed by atoms with Crippen LogP contribution in [-0.4, -0.2) is 58.1 Å². The maximum atomic E-state index is 9.33. The molecule has 0 aromatic carbocycles. The molecule has 0 rings (SSSR count). The monoisotopic (exact) mass is 410 g/mol. The second-order valence-corrected chi connectivity index (χ2v) is 15.3. The molecule has 0 saturated heterocycles. The van der Waals surface area contributed by atoms with Gasteiger partial charge in [0.1, 0.15) is 0 Å². The maximum Gasteiger partial charge on any atom is 0.322 e. The molecule has 24 heavy (non-hydrogen) atoms. The SMILES string of the molecule is CCCC[PH](C)(CCCC)CCCC.CP(=O)(O)O.CP(=O)(O)O. The van der Waals surface area contributed by atoms with Gasteiger partial charge in [-0.25, -0.2) is 0 Å². The molecule has 0 atom stereocenters. The van der Waals surface area contributed by atoms with Gasteiger partial charge in [-0.05, 0) is 0 Å². The Balaban J connectivity index is -0.000000361. The van der Waals surface area contributed by atoms with Crippen molar-refractivity contribution in [2.24, 2.45) is 0 Å². The van der Waals surface area contributed by atoms with Crippen molar-refractivity contribution in [2.75, 3.05) is 38.5 Å². The minimum atomic E-state index is -3.64. The Hall–Kier alpha value is 0.730. The summed E-state index contributed by atoms with van der Waals surface area (Å²) in [5, 5.41) is 0. The van der Waals surface area contributed by atoms with Crippen molar-refractivity contribution in [1.82, 2.24) is 0 Å². The van der Waals surface area contributed by atoms with E-state index in [1.54, 1.807) is 18.5 Å². The summed E-state index contributed by atoms with van der Waals surface area (Å²) in [6.07, 6.45) is 13.4. The fourth-order valence-electron chi connectivity index (χ4n) is 2.19. The van der Waals surface area contributed by atoms with E-state index in [9.17, 15) is 9.13 Å². The molecule has 4 N–H and O–H groups in total.